The van der Waals surface area contributed by atoms with Gasteiger partial charge in [-0.25, -0.2) is 34.3 Å². The smallest absolute Gasteiger partial charge is 0.246 e. The van der Waals surface area contributed by atoms with Gasteiger partial charge in [0.25, 0.3) is 0 Å². The van der Waals surface area contributed by atoms with E-state index in [1.54, 1.807) is 35.1 Å². The lowest BCUT2D eigenvalue weighted by atomic mass is 10.2. The summed E-state index contributed by atoms with van der Waals surface area (Å²) in [6.07, 6.45) is 7.16. The number of fused-ring (bicyclic) bond motifs is 2. The van der Waals surface area contributed by atoms with Crippen LogP contribution in [0.1, 0.15) is 24.5 Å². The Balaban J connectivity index is 0.000000184. The molecule has 6 aromatic rings. The van der Waals surface area contributed by atoms with Crippen LogP contribution in [0.25, 0.3) is 22.3 Å². The van der Waals surface area contributed by atoms with Crippen molar-refractivity contribution in [3.05, 3.63) is 104 Å². The summed E-state index contributed by atoms with van der Waals surface area (Å²) in [7, 11) is 1.59. The molecule has 61 heavy (non-hydrogen) atoms. The van der Waals surface area contributed by atoms with Gasteiger partial charge in [0.1, 0.15) is 36.9 Å². The minimum Gasteiger partial charge on any atom is -0.493 e. The van der Waals surface area contributed by atoms with Gasteiger partial charge < -0.3 is 44.6 Å². The number of likely N-dealkylation sites (tertiary alicyclic amines) is 2. The summed E-state index contributed by atoms with van der Waals surface area (Å²) >= 11 is 0. The summed E-state index contributed by atoms with van der Waals surface area (Å²) in [4.78, 5) is 59.0. The highest BCUT2D eigenvalue weighted by Gasteiger charge is 2.27. The fraction of sp³-hybridized carbons (Fsp3) is 0.256. The molecule has 4 aromatic heterocycles. The Hall–Kier alpha value is -7.99. The number of hydrogen-bond acceptors (Lipinski definition) is 13. The Bertz CT molecular complexity index is 2680. The minimum absolute atomic E-state index is 0.0179. The van der Waals surface area contributed by atoms with Gasteiger partial charge in [0.2, 0.25) is 11.8 Å². The van der Waals surface area contributed by atoms with Crippen molar-refractivity contribution in [3.8, 4) is 40.9 Å². The van der Waals surface area contributed by atoms with Crippen LogP contribution in [-0.2, 0) is 9.59 Å². The Morgan fingerprint density at radius 3 is 1.72 bits per heavy atom. The van der Waals surface area contributed by atoms with E-state index < -0.39 is 5.82 Å². The van der Waals surface area contributed by atoms with Gasteiger partial charge in [-0.1, -0.05) is 49.3 Å². The molecule has 0 spiro atoms. The number of halogens is 1. The first-order valence-electron chi connectivity index (χ1n) is 19.2. The topological polar surface area (TPSA) is 201 Å². The number of aromatic amines is 2. The van der Waals surface area contributed by atoms with Crippen LogP contribution in [0.4, 0.5) is 16.0 Å². The molecule has 2 amide bonds. The van der Waals surface area contributed by atoms with Gasteiger partial charge >= 0.3 is 0 Å². The van der Waals surface area contributed by atoms with Crippen molar-refractivity contribution in [1.82, 2.24) is 49.7 Å². The van der Waals surface area contributed by atoms with E-state index in [1.807, 2.05) is 24.3 Å². The molecule has 0 saturated carbocycles. The summed E-state index contributed by atoms with van der Waals surface area (Å²) in [6, 6.07) is 13.7. The maximum Gasteiger partial charge on any atom is 0.246 e. The molecule has 0 bridgehead atoms. The van der Waals surface area contributed by atoms with Crippen LogP contribution in [0.5, 0.6) is 17.2 Å². The average Bonchev–Trinajstić information content (AvgIpc) is 4.12. The highest BCUT2D eigenvalue weighted by Crippen LogP contribution is 2.26. The van der Waals surface area contributed by atoms with Crippen molar-refractivity contribution in [2.45, 2.75) is 24.9 Å². The van der Waals surface area contributed by atoms with Gasteiger partial charge in [-0.3, -0.25) is 9.59 Å². The summed E-state index contributed by atoms with van der Waals surface area (Å²) in [5.74, 6) is 14.5. The Morgan fingerprint density at radius 1 is 0.754 bits per heavy atom. The quantitative estimate of drug-likeness (QED) is 0.108. The number of carbonyl (C=O) groups excluding carboxylic acids is 2. The first kappa shape index (κ1) is 41.2. The van der Waals surface area contributed by atoms with Gasteiger partial charge in [-0.15, -0.1) is 0 Å². The zero-order valence-corrected chi connectivity index (χ0v) is 33.2. The first-order valence-corrected chi connectivity index (χ1v) is 19.2. The molecule has 4 N–H and O–H groups in total. The number of hydrogen-bond donors (Lipinski definition) is 4. The second-order valence-corrected chi connectivity index (χ2v) is 13.5. The number of methoxy groups -OCH3 is 1. The lowest BCUT2D eigenvalue weighted by Crippen LogP contribution is -2.30. The van der Waals surface area contributed by atoms with Crippen molar-refractivity contribution < 1.29 is 28.2 Å². The molecular weight excluding hydrogens is 784 g/mol. The lowest BCUT2D eigenvalue weighted by Gasteiger charge is -2.15. The van der Waals surface area contributed by atoms with E-state index in [9.17, 15) is 14.0 Å². The first-order chi connectivity index (χ1) is 29.8. The number of carbonyl (C=O) groups is 2. The predicted octanol–water partition coefficient (Wildman–Crippen LogP) is 4.11. The van der Waals surface area contributed by atoms with Crippen molar-refractivity contribution in [2.24, 2.45) is 0 Å². The fourth-order valence-corrected chi connectivity index (χ4v) is 6.56. The number of nitrogens with one attached hydrogen (secondary N) is 4. The number of amides is 2. The van der Waals surface area contributed by atoms with Crippen molar-refractivity contribution >= 4 is 45.8 Å². The average molecular weight is 825 g/mol. The second kappa shape index (κ2) is 19.6. The number of nitrogens with zero attached hydrogens (tertiary/aromatic N) is 8. The molecule has 2 fully saturated rings. The molecule has 2 aliphatic rings. The summed E-state index contributed by atoms with van der Waals surface area (Å²) < 4.78 is 29.8. The molecule has 310 valence electrons. The van der Waals surface area contributed by atoms with Gasteiger partial charge in [0, 0.05) is 38.3 Å². The maximum atomic E-state index is 13.5. The number of anilines is 2. The highest BCUT2D eigenvalue weighted by molar-refractivity contribution is 5.88. The van der Waals surface area contributed by atoms with Crippen LogP contribution < -0.4 is 24.8 Å². The van der Waals surface area contributed by atoms with Gasteiger partial charge in [0.15, 0.2) is 57.6 Å². The SMILES string of the molecule is C=CC(=O)N1CC[C@@H](Nc2ncnc3nc(C#CCOc4ccccc4F)[nH]c23)C1.C=CC(=O)N1CC[C@@H](Nc2ncnc3nc(C#CCOc4ccccc4OC)[nH]c23)C1. The zero-order valence-electron chi connectivity index (χ0n) is 33.2. The number of para-hydroxylation sites is 3. The maximum absolute atomic E-state index is 13.5. The van der Waals surface area contributed by atoms with E-state index in [2.05, 4.69) is 87.3 Å². The van der Waals surface area contributed by atoms with E-state index in [1.165, 1.54) is 30.9 Å². The standard InChI is InChI=1S/C22H22N6O3.C21H19FN6O2/c1-3-19(29)28-11-10-15(13-28)25-21-20-22(24-14-23-21)27-18(26-20)9-6-12-31-17-8-5-4-7-16(17)30-2;1-2-18(29)28-10-9-14(12-28)25-20-19-21(24-13-23-20)27-17(26-19)8-5-11-30-16-7-4-3-6-15(16)22/h3-5,7-8,14-15H,1,10-13H2,2H3,(H2,23,24,25,26,27);2-4,6-7,13-14H,1,9-12H2,(H2,23,24,25,26,27)/t15-;14-/m11/s1. The molecule has 0 aliphatic carbocycles. The summed E-state index contributed by atoms with van der Waals surface area (Å²) in [5, 5.41) is 6.71. The number of ether oxygens (including phenoxy) is 3. The Labute approximate surface area is 349 Å². The number of H-pyrrole nitrogens is 2. The molecule has 8 rings (SSSR count). The van der Waals surface area contributed by atoms with Crippen LogP contribution in [0.15, 0.2) is 86.5 Å². The molecule has 17 nitrogen and oxygen atoms in total. The largest absolute Gasteiger partial charge is 0.493 e. The van der Waals surface area contributed by atoms with Crippen molar-refractivity contribution in [3.63, 3.8) is 0 Å². The number of aromatic nitrogens is 8. The number of rotatable bonds is 11. The minimum atomic E-state index is -0.436. The predicted molar refractivity (Wildman–Crippen MR) is 225 cm³/mol. The van der Waals surface area contributed by atoms with Crippen LogP contribution in [0.2, 0.25) is 0 Å². The fourth-order valence-electron chi connectivity index (χ4n) is 6.56. The summed E-state index contributed by atoms with van der Waals surface area (Å²) in [5.41, 5.74) is 2.30. The third-order valence-corrected chi connectivity index (χ3v) is 9.53. The molecule has 2 aromatic carbocycles. The van der Waals surface area contributed by atoms with Crippen LogP contribution in [0, 0.1) is 29.5 Å². The molecule has 2 atom stereocenters. The van der Waals surface area contributed by atoms with Crippen LogP contribution >= 0.6 is 0 Å². The second-order valence-electron chi connectivity index (χ2n) is 13.5. The van der Waals surface area contributed by atoms with E-state index in [-0.39, 0.29) is 42.9 Å². The van der Waals surface area contributed by atoms with E-state index >= 15 is 0 Å². The zero-order chi connectivity index (χ0) is 42.6. The monoisotopic (exact) mass is 824 g/mol. The van der Waals surface area contributed by atoms with Gasteiger partial charge in [-0.05, 0) is 61.1 Å². The molecule has 6 heterocycles. The van der Waals surface area contributed by atoms with Crippen molar-refractivity contribution in [2.75, 3.05) is 57.1 Å². The van der Waals surface area contributed by atoms with Crippen LogP contribution in [-0.4, -0.2) is 120 Å². The Morgan fingerprint density at radius 2 is 1.23 bits per heavy atom. The van der Waals surface area contributed by atoms with E-state index in [0.29, 0.717) is 83.3 Å². The number of imidazole rings is 2. The molecule has 0 unspecified atom stereocenters. The van der Waals surface area contributed by atoms with E-state index in [0.717, 1.165) is 12.8 Å². The molecule has 18 heteroatoms. The molecule has 0 radical (unpaired) electrons. The van der Waals surface area contributed by atoms with Gasteiger partial charge in [0.05, 0.1) is 7.11 Å². The number of benzene rings is 2. The van der Waals surface area contributed by atoms with E-state index in [4.69, 9.17) is 14.2 Å². The highest BCUT2D eigenvalue weighted by atomic mass is 19.1. The third-order valence-electron chi connectivity index (χ3n) is 9.53. The normalized spacial score (nSPS) is 15.4. The van der Waals surface area contributed by atoms with Crippen LogP contribution in [0.3, 0.4) is 0 Å². The lowest BCUT2D eigenvalue weighted by molar-refractivity contribution is -0.125. The Kier molecular flexibility index (Phi) is 13.3. The van der Waals surface area contributed by atoms with Gasteiger partial charge in [-0.2, -0.15) is 0 Å². The molecule has 2 aliphatic heterocycles. The third kappa shape index (κ3) is 10.4. The molecule has 2 saturated heterocycles. The summed E-state index contributed by atoms with van der Waals surface area (Å²) in [6.45, 7) is 9.78. The molecular formula is C43H41FN12O5. The van der Waals surface area contributed by atoms with Crippen molar-refractivity contribution in [1.29, 1.82) is 0 Å².